The van der Waals surface area contributed by atoms with Crippen LogP contribution < -0.4 is 9.64 Å². The molecule has 0 radical (unpaired) electrons. The van der Waals surface area contributed by atoms with Crippen LogP contribution in [0, 0.1) is 0 Å². The fourth-order valence-corrected chi connectivity index (χ4v) is 2.40. The molecule has 8 heteroatoms. The van der Waals surface area contributed by atoms with E-state index >= 15 is 0 Å². The average Bonchev–Trinajstić information content (AvgIpc) is 3.25. The summed E-state index contributed by atoms with van der Waals surface area (Å²) in [6.07, 6.45) is 1.44. The molecule has 3 rings (SSSR count). The Morgan fingerprint density at radius 2 is 2.08 bits per heavy atom. The number of benzene rings is 1. The Morgan fingerprint density at radius 3 is 2.79 bits per heavy atom. The number of halogens is 1. The fourth-order valence-electron chi connectivity index (χ4n) is 2.40. The molecule has 0 saturated carbocycles. The first-order valence-corrected chi connectivity index (χ1v) is 7.55. The predicted octanol–water partition coefficient (Wildman–Crippen LogP) is 2.28. The first-order chi connectivity index (χ1) is 11.7. The maximum atomic E-state index is 12.5. The Kier molecular flexibility index (Phi) is 4.74. The lowest BCUT2D eigenvalue weighted by Gasteiger charge is -2.15. The number of aromatic amines is 1. The number of ether oxygens (including phenoxy) is 1. The normalized spacial score (nSPS) is 10.8. The minimum atomic E-state index is -0.468. The van der Waals surface area contributed by atoms with Crippen LogP contribution in [0.1, 0.15) is 5.82 Å². The van der Waals surface area contributed by atoms with Crippen molar-refractivity contribution in [3.63, 3.8) is 0 Å². The van der Waals surface area contributed by atoms with Gasteiger partial charge in [-0.05, 0) is 29.8 Å². The first kappa shape index (κ1) is 16.0. The van der Waals surface area contributed by atoms with Gasteiger partial charge in [0.05, 0.1) is 25.9 Å². The molecule has 0 unspecified atom stereocenters. The van der Waals surface area contributed by atoms with Crippen LogP contribution >= 0.6 is 0 Å². The van der Waals surface area contributed by atoms with Crippen molar-refractivity contribution in [2.75, 3.05) is 25.7 Å². The number of H-pyrrole nitrogens is 1. The molecule has 126 valence electrons. The lowest BCUT2D eigenvalue weighted by Crippen LogP contribution is -2.20. The molecule has 0 aliphatic heterocycles. The van der Waals surface area contributed by atoms with Gasteiger partial charge in [-0.15, -0.1) is 0 Å². The largest absolute Gasteiger partial charge is 0.497 e. The summed E-state index contributed by atoms with van der Waals surface area (Å²) in [6, 6.07) is 9.69. The van der Waals surface area contributed by atoms with E-state index < -0.39 is 6.67 Å². The number of methoxy groups -OCH3 is 1. The van der Waals surface area contributed by atoms with Crippen molar-refractivity contribution in [2.24, 2.45) is 0 Å². The summed E-state index contributed by atoms with van der Waals surface area (Å²) < 4.78 is 19.2. The van der Waals surface area contributed by atoms with Gasteiger partial charge in [0.25, 0.3) is 0 Å². The van der Waals surface area contributed by atoms with Crippen molar-refractivity contribution >= 4 is 5.82 Å². The SMILES string of the molecule is COc1ccc(-c2cc(N(C)Cc3ncnn3CCF)n[nH]2)cc1. The topological polar surface area (TPSA) is 71.9 Å². The second-order valence-corrected chi connectivity index (χ2v) is 5.31. The number of nitrogens with one attached hydrogen (secondary N) is 1. The standard InChI is InChI=1S/C16H19FN6O/c1-22(10-16-18-11-19-23(16)8-7-17)15-9-14(20-21-15)12-3-5-13(24-2)6-4-12/h3-6,9,11H,7-8,10H2,1-2H3,(H,20,21). The van der Waals surface area contributed by atoms with Crippen LogP contribution in [0.4, 0.5) is 10.2 Å². The number of aromatic nitrogens is 5. The van der Waals surface area contributed by atoms with E-state index in [2.05, 4.69) is 20.3 Å². The number of nitrogens with zero attached hydrogens (tertiary/aromatic N) is 5. The number of rotatable bonds is 7. The van der Waals surface area contributed by atoms with Crippen LogP contribution in [0.5, 0.6) is 5.75 Å². The second kappa shape index (κ2) is 7.12. The van der Waals surface area contributed by atoms with Crippen LogP contribution in [-0.2, 0) is 13.1 Å². The highest BCUT2D eigenvalue weighted by atomic mass is 19.1. The van der Waals surface area contributed by atoms with Crippen molar-refractivity contribution in [3.8, 4) is 17.0 Å². The molecule has 3 aromatic rings. The van der Waals surface area contributed by atoms with Crippen molar-refractivity contribution in [1.82, 2.24) is 25.0 Å². The summed E-state index contributed by atoms with van der Waals surface area (Å²) in [7, 11) is 3.54. The third-order valence-corrected chi connectivity index (χ3v) is 3.73. The summed E-state index contributed by atoms with van der Waals surface area (Å²) in [6.45, 7) is 0.234. The van der Waals surface area contributed by atoms with Crippen molar-refractivity contribution in [1.29, 1.82) is 0 Å². The smallest absolute Gasteiger partial charge is 0.151 e. The maximum absolute atomic E-state index is 12.5. The molecular weight excluding hydrogens is 311 g/mol. The van der Waals surface area contributed by atoms with Gasteiger partial charge in [-0.1, -0.05) is 0 Å². The molecule has 0 aliphatic rings. The molecule has 24 heavy (non-hydrogen) atoms. The minimum Gasteiger partial charge on any atom is -0.497 e. The van der Waals surface area contributed by atoms with E-state index in [9.17, 15) is 4.39 Å². The maximum Gasteiger partial charge on any atom is 0.151 e. The molecule has 0 aliphatic carbocycles. The van der Waals surface area contributed by atoms with E-state index in [0.717, 1.165) is 22.8 Å². The molecule has 7 nitrogen and oxygen atoms in total. The first-order valence-electron chi connectivity index (χ1n) is 7.55. The Hall–Kier alpha value is -2.90. The monoisotopic (exact) mass is 330 g/mol. The quantitative estimate of drug-likeness (QED) is 0.719. The number of aryl methyl sites for hydroxylation is 1. The molecule has 0 atom stereocenters. The highest BCUT2D eigenvalue weighted by Gasteiger charge is 2.12. The molecular formula is C16H19FN6O. The molecule has 0 fully saturated rings. The predicted molar refractivity (Wildman–Crippen MR) is 88.7 cm³/mol. The van der Waals surface area contributed by atoms with Crippen LogP contribution in [0.2, 0.25) is 0 Å². The summed E-state index contributed by atoms with van der Waals surface area (Å²) in [5.41, 5.74) is 1.92. The summed E-state index contributed by atoms with van der Waals surface area (Å²) >= 11 is 0. The van der Waals surface area contributed by atoms with E-state index in [-0.39, 0.29) is 6.54 Å². The molecule has 0 bridgehead atoms. The van der Waals surface area contributed by atoms with Crippen LogP contribution in [0.15, 0.2) is 36.7 Å². The highest BCUT2D eigenvalue weighted by molar-refractivity contribution is 5.63. The van der Waals surface area contributed by atoms with Crippen LogP contribution in [0.3, 0.4) is 0 Å². The van der Waals surface area contributed by atoms with Gasteiger partial charge in [-0.3, -0.25) is 5.10 Å². The van der Waals surface area contributed by atoms with E-state index in [1.54, 1.807) is 11.8 Å². The zero-order valence-corrected chi connectivity index (χ0v) is 13.6. The van der Waals surface area contributed by atoms with Crippen LogP contribution in [0.25, 0.3) is 11.3 Å². The molecule has 2 aromatic heterocycles. The average molecular weight is 330 g/mol. The fraction of sp³-hybridized carbons (Fsp3) is 0.312. The third kappa shape index (κ3) is 3.37. The highest BCUT2D eigenvalue weighted by Crippen LogP contribution is 2.24. The van der Waals surface area contributed by atoms with Gasteiger partial charge in [0, 0.05) is 13.1 Å². The Morgan fingerprint density at radius 1 is 1.29 bits per heavy atom. The zero-order valence-electron chi connectivity index (χ0n) is 13.6. The van der Waals surface area contributed by atoms with Crippen molar-refractivity contribution in [3.05, 3.63) is 42.5 Å². The Labute approximate surface area is 139 Å². The van der Waals surface area contributed by atoms with Gasteiger partial charge < -0.3 is 9.64 Å². The molecule has 1 aromatic carbocycles. The molecule has 2 heterocycles. The Balaban J connectivity index is 1.73. The molecule has 0 spiro atoms. The number of anilines is 1. The molecule has 0 amide bonds. The lowest BCUT2D eigenvalue weighted by molar-refractivity contribution is 0.415. The number of hydrogen-bond donors (Lipinski definition) is 1. The lowest BCUT2D eigenvalue weighted by atomic mass is 10.1. The van der Waals surface area contributed by atoms with E-state index in [1.807, 2.05) is 42.3 Å². The van der Waals surface area contributed by atoms with Gasteiger partial charge in [-0.2, -0.15) is 10.2 Å². The molecule has 1 N–H and O–H groups in total. The van der Waals surface area contributed by atoms with Gasteiger partial charge in [0.2, 0.25) is 0 Å². The van der Waals surface area contributed by atoms with Gasteiger partial charge in [0.15, 0.2) is 5.82 Å². The number of alkyl halides is 1. The third-order valence-electron chi connectivity index (χ3n) is 3.73. The second-order valence-electron chi connectivity index (χ2n) is 5.31. The van der Waals surface area contributed by atoms with Crippen molar-refractivity contribution < 1.29 is 9.13 Å². The van der Waals surface area contributed by atoms with Gasteiger partial charge >= 0.3 is 0 Å². The van der Waals surface area contributed by atoms with Gasteiger partial charge in [-0.25, -0.2) is 14.1 Å². The van der Waals surface area contributed by atoms with Crippen LogP contribution in [-0.4, -0.2) is 45.8 Å². The Bertz CT molecular complexity index is 782. The summed E-state index contributed by atoms with van der Waals surface area (Å²) in [5.74, 6) is 2.28. The summed E-state index contributed by atoms with van der Waals surface area (Å²) in [5, 5.41) is 11.4. The number of hydrogen-bond acceptors (Lipinski definition) is 5. The summed E-state index contributed by atoms with van der Waals surface area (Å²) in [4.78, 5) is 6.11. The molecule has 0 saturated heterocycles. The van der Waals surface area contributed by atoms with Crippen molar-refractivity contribution in [2.45, 2.75) is 13.1 Å². The van der Waals surface area contributed by atoms with Gasteiger partial charge in [0.1, 0.15) is 24.6 Å². The minimum absolute atomic E-state index is 0.209. The van der Waals surface area contributed by atoms with E-state index in [1.165, 1.54) is 6.33 Å². The van der Waals surface area contributed by atoms with E-state index in [0.29, 0.717) is 12.4 Å². The van der Waals surface area contributed by atoms with E-state index in [4.69, 9.17) is 4.74 Å². The zero-order chi connectivity index (χ0) is 16.9.